The van der Waals surface area contributed by atoms with Crippen molar-refractivity contribution < 1.29 is 0 Å². The maximum atomic E-state index is 4.41. The highest BCUT2D eigenvalue weighted by atomic mass is 15.3. The van der Waals surface area contributed by atoms with Crippen LogP contribution in [0.3, 0.4) is 0 Å². The molecule has 1 rings (SSSR count). The van der Waals surface area contributed by atoms with Crippen molar-refractivity contribution in [3.8, 4) is 0 Å². The summed E-state index contributed by atoms with van der Waals surface area (Å²) in [6.07, 6.45) is 0. The number of hydrogen-bond donors (Lipinski definition) is 2. The van der Waals surface area contributed by atoms with Crippen LogP contribution in [0.1, 0.15) is 25.6 Å². The average Bonchev–Trinajstić information content (AvgIpc) is 2.48. The van der Waals surface area contributed by atoms with Crippen molar-refractivity contribution >= 4 is 5.82 Å². The summed E-state index contributed by atoms with van der Waals surface area (Å²) < 4.78 is 2.03. The van der Waals surface area contributed by atoms with Gasteiger partial charge >= 0.3 is 0 Å². The molecule has 1 aromatic heterocycles. The van der Waals surface area contributed by atoms with Crippen molar-refractivity contribution in [2.45, 2.75) is 26.4 Å². The molecule has 0 aliphatic carbocycles. The van der Waals surface area contributed by atoms with Crippen LogP contribution in [-0.2, 0) is 6.54 Å². The number of hydrogen-bond acceptors (Lipinski definition) is 3. The SMILES string of the molecule is CNCc1cc(NC)nn1C(C)C. The highest BCUT2D eigenvalue weighted by molar-refractivity contribution is 5.35. The van der Waals surface area contributed by atoms with Gasteiger partial charge in [-0.05, 0) is 20.9 Å². The molecule has 74 valence electrons. The van der Waals surface area contributed by atoms with Gasteiger partial charge in [0.1, 0.15) is 5.82 Å². The van der Waals surface area contributed by atoms with Crippen LogP contribution >= 0.6 is 0 Å². The number of rotatable bonds is 4. The minimum atomic E-state index is 0.408. The topological polar surface area (TPSA) is 41.9 Å². The number of aromatic nitrogens is 2. The fraction of sp³-hybridized carbons (Fsp3) is 0.667. The van der Waals surface area contributed by atoms with E-state index in [4.69, 9.17) is 0 Å². The van der Waals surface area contributed by atoms with Crippen molar-refractivity contribution in [1.29, 1.82) is 0 Å². The zero-order valence-electron chi connectivity index (χ0n) is 8.76. The Kier molecular flexibility index (Phi) is 3.31. The molecule has 0 saturated carbocycles. The molecule has 0 saturated heterocycles. The van der Waals surface area contributed by atoms with E-state index < -0.39 is 0 Å². The van der Waals surface area contributed by atoms with Gasteiger partial charge in [0.2, 0.25) is 0 Å². The molecule has 0 aromatic carbocycles. The maximum absolute atomic E-state index is 4.41. The largest absolute Gasteiger partial charge is 0.372 e. The van der Waals surface area contributed by atoms with Crippen LogP contribution < -0.4 is 10.6 Å². The van der Waals surface area contributed by atoms with E-state index in [0.29, 0.717) is 6.04 Å². The molecule has 0 aliphatic rings. The highest BCUT2D eigenvalue weighted by Crippen LogP contribution is 2.13. The van der Waals surface area contributed by atoms with Crippen molar-refractivity contribution in [2.24, 2.45) is 0 Å². The number of nitrogens with zero attached hydrogens (tertiary/aromatic N) is 2. The van der Waals surface area contributed by atoms with Gasteiger partial charge in [0.15, 0.2) is 0 Å². The Balaban J connectivity index is 2.93. The summed E-state index contributed by atoms with van der Waals surface area (Å²) in [5.41, 5.74) is 1.21. The molecule has 0 bridgehead atoms. The molecule has 2 N–H and O–H groups in total. The van der Waals surface area contributed by atoms with E-state index in [2.05, 4.69) is 35.6 Å². The minimum absolute atomic E-state index is 0.408. The van der Waals surface area contributed by atoms with Gasteiger partial charge in [0, 0.05) is 25.7 Å². The van der Waals surface area contributed by atoms with Gasteiger partial charge in [-0.2, -0.15) is 5.10 Å². The fourth-order valence-electron chi connectivity index (χ4n) is 1.32. The Hall–Kier alpha value is -1.03. The lowest BCUT2D eigenvalue weighted by Gasteiger charge is -2.09. The lowest BCUT2D eigenvalue weighted by Crippen LogP contribution is -2.13. The Labute approximate surface area is 79.3 Å². The third-order valence-electron chi connectivity index (χ3n) is 1.92. The predicted octanol–water partition coefficient (Wildman–Crippen LogP) is 1.23. The molecule has 4 nitrogen and oxygen atoms in total. The second kappa shape index (κ2) is 4.28. The first-order chi connectivity index (χ1) is 6.19. The Bertz CT molecular complexity index is 265. The minimum Gasteiger partial charge on any atom is -0.372 e. The quantitative estimate of drug-likeness (QED) is 0.736. The van der Waals surface area contributed by atoms with Gasteiger partial charge < -0.3 is 10.6 Å². The fourth-order valence-corrected chi connectivity index (χ4v) is 1.32. The third kappa shape index (κ3) is 2.21. The molecule has 13 heavy (non-hydrogen) atoms. The van der Waals surface area contributed by atoms with E-state index >= 15 is 0 Å². The van der Waals surface area contributed by atoms with Crippen molar-refractivity contribution in [1.82, 2.24) is 15.1 Å². The van der Waals surface area contributed by atoms with Gasteiger partial charge in [-0.3, -0.25) is 4.68 Å². The molecule has 0 fully saturated rings. The molecular weight excluding hydrogens is 164 g/mol. The second-order valence-corrected chi connectivity index (χ2v) is 3.34. The Morgan fingerprint density at radius 1 is 1.46 bits per heavy atom. The summed E-state index contributed by atoms with van der Waals surface area (Å²) in [5.74, 6) is 0.930. The summed E-state index contributed by atoms with van der Waals surface area (Å²) in [6, 6.07) is 2.47. The first-order valence-electron chi connectivity index (χ1n) is 4.59. The molecule has 0 atom stereocenters. The molecule has 0 amide bonds. The van der Waals surface area contributed by atoms with E-state index in [1.54, 1.807) is 0 Å². The number of anilines is 1. The van der Waals surface area contributed by atoms with Crippen molar-refractivity contribution in [2.75, 3.05) is 19.4 Å². The van der Waals surface area contributed by atoms with Gasteiger partial charge in [-0.1, -0.05) is 0 Å². The van der Waals surface area contributed by atoms with Crippen LogP contribution in [-0.4, -0.2) is 23.9 Å². The molecule has 1 aromatic rings. The van der Waals surface area contributed by atoms with Crippen LogP contribution in [0.4, 0.5) is 5.82 Å². The molecule has 0 radical (unpaired) electrons. The van der Waals surface area contributed by atoms with Gasteiger partial charge in [-0.25, -0.2) is 0 Å². The average molecular weight is 182 g/mol. The molecule has 4 heteroatoms. The molecular formula is C9H18N4. The van der Waals surface area contributed by atoms with Crippen LogP contribution in [0.5, 0.6) is 0 Å². The van der Waals surface area contributed by atoms with Gasteiger partial charge in [0.05, 0.1) is 5.69 Å². The van der Waals surface area contributed by atoms with Crippen LogP contribution in [0.15, 0.2) is 6.07 Å². The van der Waals surface area contributed by atoms with Crippen LogP contribution in [0.25, 0.3) is 0 Å². The summed E-state index contributed by atoms with van der Waals surface area (Å²) in [7, 11) is 3.83. The highest BCUT2D eigenvalue weighted by Gasteiger charge is 2.08. The standard InChI is InChI=1S/C9H18N4/c1-7(2)13-8(6-10-3)5-9(11-4)12-13/h5,7,10H,6H2,1-4H3,(H,11,12). The lowest BCUT2D eigenvalue weighted by atomic mass is 10.3. The monoisotopic (exact) mass is 182 g/mol. The van der Waals surface area contributed by atoms with E-state index in [0.717, 1.165) is 12.4 Å². The van der Waals surface area contributed by atoms with Crippen molar-refractivity contribution in [3.05, 3.63) is 11.8 Å². The maximum Gasteiger partial charge on any atom is 0.148 e. The zero-order valence-corrected chi connectivity index (χ0v) is 8.76. The molecule has 0 aliphatic heterocycles. The Morgan fingerprint density at radius 3 is 2.62 bits per heavy atom. The Morgan fingerprint density at radius 2 is 2.15 bits per heavy atom. The smallest absolute Gasteiger partial charge is 0.148 e. The number of nitrogens with one attached hydrogen (secondary N) is 2. The summed E-state index contributed by atoms with van der Waals surface area (Å²) in [6.45, 7) is 5.12. The second-order valence-electron chi connectivity index (χ2n) is 3.34. The van der Waals surface area contributed by atoms with E-state index in [9.17, 15) is 0 Å². The first kappa shape index (κ1) is 10.1. The van der Waals surface area contributed by atoms with E-state index in [1.165, 1.54) is 5.69 Å². The third-order valence-corrected chi connectivity index (χ3v) is 1.92. The van der Waals surface area contributed by atoms with E-state index in [-0.39, 0.29) is 0 Å². The molecule has 0 unspecified atom stereocenters. The predicted molar refractivity (Wildman–Crippen MR) is 54.9 cm³/mol. The summed E-state index contributed by atoms with van der Waals surface area (Å²) in [4.78, 5) is 0. The summed E-state index contributed by atoms with van der Waals surface area (Å²) in [5, 5.41) is 10.6. The van der Waals surface area contributed by atoms with Crippen LogP contribution in [0.2, 0.25) is 0 Å². The van der Waals surface area contributed by atoms with Crippen molar-refractivity contribution in [3.63, 3.8) is 0 Å². The lowest BCUT2D eigenvalue weighted by molar-refractivity contribution is 0.503. The molecule has 0 spiro atoms. The molecule has 1 heterocycles. The van der Waals surface area contributed by atoms with Crippen LogP contribution in [0, 0.1) is 0 Å². The first-order valence-corrected chi connectivity index (χ1v) is 4.59. The normalized spacial score (nSPS) is 10.8. The van der Waals surface area contributed by atoms with Gasteiger partial charge in [0.25, 0.3) is 0 Å². The zero-order chi connectivity index (χ0) is 9.84. The summed E-state index contributed by atoms with van der Waals surface area (Å²) >= 11 is 0. The van der Waals surface area contributed by atoms with E-state index in [1.807, 2.05) is 18.8 Å². The van der Waals surface area contributed by atoms with Gasteiger partial charge in [-0.15, -0.1) is 0 Å².